The largest absolute Gasteiger partial charge is 0.497 e. The molecule has 0 aliphatic rings. The summed E-state index contributed by atoms with van der Waals surface area (Å²) in [6.45, 7) is 1.79. The van der Waals surface area contributed by atoms with E-state index in [4.69, 9.17) is 9.15 Å². The van der Waals surface area contributed by atoms with Gasteiger partial charge in [-0.3, -0.25) is 4.79 Å². The summed E-state index contributed by atoms with van der Waals surface area (Å²) < 4.78 is 10.7. The molecule has 0 unspecified atom stereocenters. The second kappa shape index (κ2) is 7.85. The van der Waals surface area contributed by atoms with E-state index in [1.165, 1.54) is 11.8 Å². The molecule has 1 aromatic heterocycles. The normalized spacial score (nSPS) is 11.8. The highest BCUT2D eigenvalue weighted by Gasteiger charge is 2.19. The monoisotopic (exact) mass is 355 g/mol. The van der Waals surface area contributed by atoms with Gasteiger partial charge in [-0.25, -0.2) is 0 Å². The number of anilines is 1. The number of nitrogens with zero attached hydrogens (tertiary/aromatic N) is 2. The molecule has 0 saturated carbocycles. The predicted octanol–water partition coefficient (Wildman–Crippen LogP) is 3.86. The Morgan fingerprint density at radius 3 is 2.52 bits per heavy atom. The Hall–Kier alpha value is -2.80. The Bertz CT molecular complexity index is 834. The molecule has 25 heavy (non-hydrogen) atoms. The van der Waals surface area contributed by atoms with Crippen LogP contribution in [0.1, 0.15) is 6.92 Å². The molecule has 6 nitrogen and oxygen atoms in total. The summed E-state index contributed by atoms with van der Waals surface area (Å²) >= 11 is 1.22. The molecule has 1 amide bonds. The summed E-state index contributed by atoms with van der Waals surface area (Å²) in [5.41, 5.74) is 1.55. The van der Waals surface area contributed by atoms with E-state index in [1.807, 2.05) is 30.3 Å². The van der Waals surface area contributed by atoms with Gasteiger partial charge < -0.3 is 14.5 Å². The standard InChI is InChI=1S/C18H17N3O3S/c1-12(16(22)19-14-8-10-15(23-2)11-9-14)25-18-21-20-17(24-18)13-6-4-3-5-7-13/h3-12H,1-2H3,(H,19,22)/t12-/m0/s1. The summed E-state index contributed by atoms with van der Waals surface area (Å²) in [4.78, 5) is 12.3. The predicted molar refractivity (Wildman–Crippen MR) is 96.7 cm³/mol. The lowest BCUT2D eigenvalue weighted by Gasteiger charge is -2.10. The minimum atomic E-state index is -0.383. The highest BCUT2D eigenvalue weighted by molar-refractivity contribution is 8.00. The number of amides is 1. The number of nitrogens with one attached hydrogen (secondary N) is 1. The van der Waals surface area contributed by atoms with Crippen LogP contribution in [-0.4, -0.2) is 28.5 Å². The van der Waals surface area contributed by atoms with E-state index in [2.05, 4.69) is 15.5 Å². The van der Waals surface area contributed by atoms with Gasteiger partial charge in [-0.2, -0.15) is 0 Å². The van der Waals surface area contributed by atoms with Crippen molar-refractivity contribution in [1.29, 1.82) is 0 Å². The van der Waals surface area contributed by atoms with E-state index in [-0.39, 0.29) is 11.2 Å². The first-order valence-corrected chi connectivity index (χ1v) is 8.54. The summed E-state index contributed by atoms with van der Waals surface area (Å²) in [7, 11) is 1.60. The summed E-state index contributed by atoms with van der Waals surface area (Å²) in [5.74, 6) is 1.03. The van der Waals surface area contributed by atoms with Crippen molar-refractivity contribution in [2.45, 2.75) is 17.4 Å². The Morgan fingerprint density at radius 1 is 1.12 bits per heavy atom. The van der Waals surface area contributed by atoms with Crippen molar-refractivity contribution < 1.29 is 13.9 Å². The smallest absolute Gasteiger partial charge is 0.277 e. The summed E-state index contributed by atoms with van der Waals surface area (Å²) in [6.07, 6.45) is 0. The zero-order chi connectivity index (χ0) is 17.6. The van der Waals surface area contributed by atoms with E-state index in [9.17, 15) is 4.79 Å². The number of rotatable bonds is 6. The molecular weight excluding hydrogens is 338 g/mol. The number of ether oxygens (including phenoxy) is 1. The molecule has 0 spiro atoms. The second-order valence-electron chi connectivity index (χ2n) is 5.22. The SMILES string of the molecule is COc1ccc(NC(=O)[C@H](C)Sc2nnc(-c3ccccc3)o2)cc1. The fourth-order valence-electron chi connectivity index (χ4n) is 2.08. The zero-order valence-corrected chi connectivity index (χ0v) is 14.6. The third kappa shape index (κ3) is 4.39. The zero-order valence-electron chi connectivity index (χ0n) is 13.8. The molecule has 0 aliphatic carbocycles. The van der Waals surface area contributed by atoms with Gasteiger partial charge in [0.25, 0.3) is 5.22 Å². The van der Waals surface area contributed by atoms with Gasteiger partial charge in [-0.1, -0.05) is 30.0 Å². The van der Waals surface area contributed by atoms with Gasteiger partial charge in [0.05, 0.1) is 12.4 Å². The minimum absolute atomic E-state index is 0.144. The molecule has 7 heteroatoms. The molecule has 0 saturated heterocycles. The minimum Gasteiger partial charge on any atom is -0.497 e. The first-order valence-electron chi connectivity index (χ1n) is 7.66. The maximum absolute atomic E-state index is 12.3. The molecule has 128 valence electrons. The molecule has 1 atom stereocenters. The number of thioether (sulfide) groups is 1. The van der Waals surface area contributed by atoms with Crippen LogP contribution in [0.5, 0.6) is 5.75 Å². The van der Waals surface area contributed by atoms with Crippen LogP contribution in [0.4, 0.5) is 5.69 Å². The first-order chi connectivity index (χ1) is 12.2. The van der Waals surface area contributed by atoms with Crippen molar-refractivity contribution in [3.63, 3.8) is 0 Å². The average molecular weight is 355 g/mol. The molecule has 0 aliphatic heterocycles. The van der Waals surface area contributed by atoms with Crippen LogP contribution in [0.3, 0.4) is 0 Å². The van der Waals surface area contributed by atoms with E-state index < -0.39 is 0 Å². The highest BCUT2D eigenvalue weighted by atomic mass is 32.2. The fourth-order valence-corrected chi connectivity index (χ4v) is 2.76. The second-order valence-corrected chi connectivity index (χ2v) is 6.51. The van der Waals surface area contributed by atoms with Crippen LogP contribution in [0, 0.1) is 0 Å². The number of carbonyl (C=O) groups excluding carboxylic acids is 1. The van der Waals surface area contributed by atoms with Crippen LogP contribution in [0.2, 0.25) is 0 Å². The topological polar surface area (TPSA) is 77.2 Å². The van der Waals surface area contributed by atoms with Crippen molar-refractivity contribution >= 4 is 23.4 Å². The van der Waals surface area contributed by atoms with E-state index in [1.54, 1.807) is 38.3 Å². The number of benzene rings is 2. The molecule has 1 N–H and O–H groups in total. The lowest BCUT2D eigenvalue weighted by atomic mass is 10.2. The van der Waals surface area contributed by atoms with Gasteiger partial charge in [0.2, 0.25) is 11.8 Å². The van der Waals surface area contributed by atoms with Crippen LogP contribution in [-0.2, 0) is 4.79 Å². The summed E-state index contributed by atoms with van der Waals surface area (Å²) in [5, 5.41) is 10.8. The number of aromatic nitrogens is 2. The van der Waals surface area contributed by atoms with Gasteiger partial charge in [0.1, 0.15) is 5.75 Å². The average Bonchev–Trinajstić information content (AvgIpc) is 3.11. The molecular formula is C18H17N3O3S. The summed E-state index contributed by atoms with van der Waals surface area (Å²) in [6, 6.07) is 16.6. The number of hydrogen-bond acceptors (Lipinski definition) is 6. The van der Waals surface area contributed by atoms with E-state index >= 15 is 0 Å². The Morgan fingerprint density at radius 2 is 1.84 bits per heavy atom. The fraction of sp³-hybridized carbons (Fsp3) is 0.167. The van der Waals surface area contributed by atoms with Crippen LogP contribution in [0.15, 0.2) is 64.2 Å². The lowest BCUT2D eigenvalue weighted by Crippen LogP contribution is -2.22. The van der Waals surface area contributed by atoms with Crippen LogP contribution < -0.4 is 10.1 Å². The lowest BCUT2D eigenvalue weighted by molar-refractivity contribution is -0.115. The first kappa shape index (κ1) is 17.0. The van der Waals surface area contributed by atoms with Crippen molar-refractivity contribution in [3.05, 3.63) is 54.6 Å². The third-order valence-electron chi connectivity index (χ3n) is 3.43. The number of hydrogen-bond donors (Lipinski definition) is 1. The molecule has 0 radical (unpaired) electrons. The quantitative estimate of drug-likeness (QED) is 0.677. The van der Waals surface area contributed by atoms with Crippen LogP contribution in [0.25, 0.3) is 11.5 Å². The number of methoxy groups -OCH3 is 1. The van der Waals surface area contributed by atoms with Gasteiger partial charge in [0, 0.05) is 11.3 Å². The van der Waals surface area contributed by atoms with Crippen molar-refractivity contribution in [2.75, 3.05) is 12.4 Å². The van der Waals surface area contributed by atoms with Crippen molar-refractivity contribution in [1.82, 2.24) is 10.2 Å². The van der Waals surface area contributed by atoms with Gasteiger partial charge in [-0.15, -0.1) is 10.2 Å². The Labute approximate surface area is 149 Å². The third-order valence-corrected chi connectivity index (χ3v) is 4.37. The maximum Gasteiger partial charge on any atom is 0.277 e. The molecule has 3 aromatic rings. The van der Waals surface area contributed by atoms with Crippen LogP contribution >= 0.6 is 11.8 Å². The molecule has 0 bridgehead atoms. The molecule has 1 heterocycles. The molecule has 2 aromatic carbocycles. The van der Waals surface area contributed by atoms with Gasteiger partial charge >= 0.3 is 0 Å². The van der Waals surface area contributed by atoms with Gasteiger partial charge in [0.15, 0.2) is 0 Å². The van der Waals surface area contributed by atoms with Crippen molar-refractivity contribution in [2.24, 2.45) is 0 Å². The maximum atomic E-state index is 12.3. The highest BCUT2D eigenvalue weighted by Crippen LogP contribution is 2.26. The Kier molecular flexibility index (Phi) is 5.35. The van der Waals surface area contributed by atoms with E-state index in [0.29, 0.717) is 16.8 Å². The van der Waals surface area contributed by atoms with Gasteiger partial charge in [-0.05, 0) is 43.3 Å². The Balaban J connectivity index is 1.60. The van der Waals surface area contributed by atoms with E-state index in [0.717, 1.165) is 11.3 Å². The molecule has 0 fully saturated rings. The van der Waals surface area contributed by atoms with Crippen molar-refractivity contribution in [3.8, 4) is 17.2 Å². The number of carbonyl (C=O) groups is 1. The molecule has 3 rings (SSSR count).